The number of nitrogens with two attached hydrogens (primary N) is 3. The molecule has 1 aromatic heterocycles. The molecule has 1 aliphatic rings. The summed E-state index contributed by atoms with van der Waals surface area (Å²) in [4.78, 5) is 20.6. The number of aromatic nitrogens is 2. The van der Waals surface area contributed by atoms with E-state index in [9.17, 15) is 4.79 Å². The van der Waals surface area contributed by atoms with Gasteiger partial charge in [0.25, 0.3) is 0 Å². The zero-order valence-electron chi connectivity index (χ0n) is 22.1. The number of benzene rings is 2. The number of hydrogen-bond donors (Lipinski definition) is 4. The number of carbonyl (C=O) groups excluding carboxylic acids is 1. The molecule has 0 unspecified atom stereocenters. The van der Waals surface area contributed by atoms with Gasteiger partial charge in [0.1, 0.15) is 18.0 Å². The second-order valence-corrected chi connectivity index (χ2v) is 9.36. The van der Waals surface area contributed by atoms with Crippen molar-refractivity contribution in [1.29, 1.82) is 0 Å². The van der Waals surface area contributed by atoms with Crippen molar-refractivity contribution < 1.29 is 23.7 Å². The summed E-state index contributed by atoms with van der Waals surface area (Å²) in [6.45, 7) is 2.68. The Hall–Kier alpha value is -3.99. The van der Waals surface area contributed by atoms with E-state index in [0.29, 0.717) is 41.5 Å². The van der Waals surface area contributed by atoms with Crippen LogP contribution >= 0.6 is 0 Å². The van der Waals surface area contributed by atoms with Crippen LogP contribution in [-0.2, 0) is 16.1 Å². The monoisotopic (exact) mass is 524 g/mol. The third kappa shape index (κ3) is 6.10. The average Bonchev–Trinajstić information content (AvgIpc) is 3.41. The summed E-state index contributed by atoms with van der Waals surface area (Å²) in [5.41, 5.74) is 21.3. The second kappa shape index (κ2) is 12.0. The van der Waals surface area contributed by atoms with Gasteiger partial charge in [-0.2, -0.15) is 4.98 Å². The molecule has 1 aliphatic carbocycles. The highest BCUT2D eigenvalue weighted by Crippen LogP contribution is 2.40. The standard InChI is InChI=1S/C27H36N6O5/c1-15-16(8-9-20-23(15)25(29)33-27(30)32-20)14-31-17-12-21(35-2)24(22(13-17)36-3)37-11-10-19(28)26(34)38-18-6-4-5-7-18/h8-9,12-13,18-19,31H,4-7,10-11,14,28H2,1-3H3,(H4,29,30,32,33)/t19-/m0/s1. The van der Waals surface area contributed by atoms with E-state index in [-0.39, 0.29) is 24.6 Å². The Morgan fingerprint density at radius 3 is 2.45 bits per heavy atom. The SMILES string of the molecule is COc1cc(NCc2ccc3nc(N)nc(N)c3c2C)cc(OC)c1OCC[C@H](N)C(=O)OC1CCCC1. The van der Waals surface area contributed by atoms with Crippen molar-refractivity contribution in [3.8, 4) is 17.2 Å². The van der Waals surface area contributed by atoms with Crippen LogP contribution in [0.2, 0.25) is 0 Å². The van der Waals surface area contributed by atoms with Gasteiger partial charge in [-0.25, -0.2) is 4.98 Å². The smallest absolute Gasteiger partial charge is 0.323 e. The number of aryl methyl sites for hydroxylation is 1. The first-order valence-corrected chi connectivity index (χ1v) is 12.7. The molecule has 1 heterocycles. The van der Waals surface area contributed by atoms with Crippen molar-refractivity contribution in [2.75, 3.05) is 37.6 Å². The van der Waals surface area contributed by atoms with Crippen LogP contribution in [0.25, 0.3) is 10.9 Å². The first-order valence-electron chi connectivity index (χ1n) is 12.7. The van der Waals surface area contributed by atoms with E-state index in [0.717, 1.165) is 47.9 Å². The van der Waals surface area contributed by atoms with E-state index in [4.69, 9.17) is 36.1 Å². The highest BCUT2D eigenvalue weighted by atomic mass is 16.5. The maximum absolute atomic E-state index is 12.3. The summed E-state index contributed by atoms with van der Waals surface area (Å²) >= 11 is 0. The number of esters is 1. The van der Waals surface area contributed by atoms with Crippen molar-refractivity contribution in [2.24, 2.45) is 5.73 Å². The van der Waals surface area contributed by atoms with Crippen LogP contribution in [0.3, 0.4) is 0 Å². The lowest BCUT2D eigenvalue weighted by Gasteiger charge is -2.19. The zero-order chi connectivity index (χ0) is 27.2. The Morgan fingerprint density at radius 2 is 1.79 bits per heavy atom. The van der Waals surface area contributed by atoms with Crippen LogP contribution in [-0.4, -0.2) is 48.9 Å². The number of rotatable bonds is 11. The van der Waals surface area contributed by atoms with Crippen molar-refractivity contribution in [3.05, 3.63) is 35.4 Å². The summed E-state index contributed by atoms with van der Waals surface area (Å²) in [6, 6.07) is 6.74. The minimum Gasteiger partial charge on any atom is -0.493 e. The molecule has 11 nitrogen and oxygen atoms in total. The maximum Gasteiger partial charge on any atom is 0.323 e. The third-order valence-corrected chi connectivity index (χ3v) is 6.79. The predicted molar refractivity (Wildman–Crippen MR) is 146 cm³/mol. The average molecular weight is 525 g/mol. The summed E-state index contributed by atoms with van der Waals surface area (Å²) in [7, 11) is 3.11. The van der Waals surface area contributed by atoms with Gasteiger partial charge in [-0.1, -0.05) is 6.07 Å². The van der Waals surface area contributed by atoms with Gasteiger partial charge in [0.05, 0.1) is 26.3 Å². The molecule has 0 saturated heterocycles. The second-order valence-electron chi connectivity index (χ2n) is 9.36. The summed E-state index contributed by atoms with van der Waals surface area (Å²) in [5.74, 6) is 1.51. The van der Waals surface area contributed by atoms with Gasteiger partial charge in [-0.3, -0.25) is 4.79 Å². The maximum atomic E-state index is 12.3. The fourth-order valence-electron chi connectivity index (χ4n) is 4.66. The number of ether oxygens (including phenoxy) is 4. The quantitative estimate of drug-likeness (QED) is 0.271. The molecule has 7 N–H and O–H groups in total. The van der Waals surface area contributed by atoms with Crippen molar-refractivity contribution >= 4 is 34.3 Å². The number of nitrogens with zero attached hydrogens (tertiary/aromatic N) is 2. The molecule has 0 radical (unpaired) electrons. The Balaban J connectivity index is 1.41. The first-order chi connectivity index (χ1) is 18.3. The van der Waals surface area contributed by atoms with Crippen LogP contribution in [0.4, 0.5) is 17.5 Å². The van der Waals surface area contributed by atoms with E-state index in [1.807, 2.05) is 31.2 Å². The van der Waals surface area contributed by atoms with E-state index in [1.54, 1.807) is 14.2 Å². The number of nitrogens with one attached hydrogen (secondary N) is 1. The van der Waals surface area contributed by atoms with Gasteiger partial charge < -0.3 is 41.5 Å². The lowest BCUT2D eigenvalue weighted by molar-refractivity contribution is -0.150. The van der Waals surface area contributed by atoms with E-state index >= 15 is 0 Å². The third-order valence-electron chi connectivity index (χ3n) is 6.79. The van der Waals surface area contributed by atoms with E-state index < -0.39 is 6.04 Å². The van der Waals surface area contributed by atoms with Gasteiger partial charge in [-0.05, 0) is 49.8 Å². The molecule has 204 valence electrons. The molecule has 0 bridgehead atoms. The number of hydrogen-bond acceptors (Lipinski definition) is 11. The van der Waals surface area contributed by atoms with Crippen LogP contribution in [0, 0.1) is 6.92 Å². The normalized spacial score (nSPS) is 14.3. The minimum atomic E-state index is -0.755. The molecular weight excluding hydrogens is 488 g/mol. The van der Waals surface area contributed by atoms with Gasteiger partial charge in [0.2, 0.25) is 11.7 Å². The topological polar surface area (TPSA) is 170 Å². The van der Waals surface area contributed by atoms with Crippen LogP contribution in [0.15, 0.2) is 24.3 Å². The molecule has 1 fully saturated rings. The number of anilines is 3. The molecule has 38 heavy (non-hydrogen) atoms. The molecule has 2 aromatic carbocycles. The number of carbonyl (C=O) groups is 1. The molecular formula is C27H36N6O5. The predicted octanol–water partition coefficient (Wildman–Crippen LogP) is 3.31. The highest BCUT2D eigenvalue weighted by Gasteiger charge is 2.24. The molecule has 0 spiro atoms. The number of nitrogen functional groups attached to an aromatic ring is 2. The molecule has 1 saturated carbocycles. The van der Waals surface area contributed by atoms with Crippen LogP contribution in [0.1, 0.15) is 43.2 Å². The zero-order valence-corrected chi connectivity index (χ0v) is 22.1. The van der Waals surface area contributed by atoms with Crippen molar-refractivity contribution in [2.45, 2.75) is 57.7 Å². The molecule has 0 aliphatic heterocycles. The van der Waals surface area contributed by atoms with Gasteiger partial charge in [0, 0.05) is 36.2 Å². The first kappa shape index (κ1) is 27.1. The van der Waals surface area contributed by atoms with E-state index in [1.165, 1.54) is 0 Å². The van der Waals surface area contributed by atoms with E-state index in [2.05, 4.69) is 15.3 Å². The fourth-order valence-corrected chi connectivity index (χ4v) is 4.66. The summed E-state index contributed by atoms with van der Waals surface area (Å²) in [5, 5.41) is 4.17. The molecule has 3 aromatic rings. The number of methoxy groups -OCH3 is 2. The molecule has 4 rings (SSSR count). The largest absolute Gasteiger partial charge is 0.493 e. The lowest BCUT2D eigenvalue weighted by Crippen LogP contribution is -2.35. The van der Waals surface area contributed by atoms with Gasteiger partial charge >= 0.3 is 5.97 Å². The molecule has 11 heteroatoms. The minimum absolute atomic E-state index is 0.0161. The Labute approximate surface area is 222 Å². The number of fused-ring (bicyclic) bond motifs is 1. The lowest BCUT2D eigenvalue weighted by atomic mass is 10.0. The van der Waals surface area contributed by atoms with Gasteiger partial charge in [0.15, 0.2) is 11.5 Å². The Bertz CT molecular complexity index is 1270. The van der Waals surface area contributed by atoms with Crippen LogP contribution in [0.5, 0.6) is 17.2 Å². The molecule has 0 amide bonds. The van der Waals surface area contributed by atoms with Gasteiger partial charge in [-0.15, -0.1) is 0 Å². The summed E-state index contributed by atoms with van der Waals surface area (Å²) in [6.07, 6.45) is 4.27. The Morgan fingerprint density at radius 1 is 1.11 bits per heavy atom. The van der Waals surface area contributed by atoms with Crippen LogP contribution < -0.4 is 36.7 Å². The van der Waals surface area contributed by atoms with Crippen molar-refractivity contribution in [1.82, 2.24) is 9.97 Å². The summed E-state index contributed by atoms with van der Waals surface area (Å²) < 4.78 is 22.6. The highest BCUT2D eigenvalue weighted by molar-refractivity contribution is 5.92. The molecule has 1 atom stereocenters. The Kier molecular flexibility index (Phi) is 8.57. The van der Waals surface area contributed by atoms with Crippen molar-refractivity contribution in [3.63, 3.8) is 0 Å². The fraction of sp³-hybridized carbons (Fsp3) is 0.444.